The molecule has 1 aliphatic carbocycles. The standard InChI is InChI=1S/C16H24N2O2/c1-4-20-16(19)13-6-5-7-14(17)15(13)18(10-11(2)3)12-8-9-12/h5-7,11-12H,4,8-10,17H2,1-3H3. The molecular formula is C16H24N2O2. The van der Waals surface area contributed by atoms with Crippen LogP contribution in [0.1, 0.15) is 44.0 Å². The molecule has 4 heteroatoms. The van der Waals surface area contributed by atoms with Crippen molar-refractivity contribution in [3.8, 4) is 0 Å². The lowest BCUT2D eigenvalue weighted by atomic mass is 10.1. The average Bonchev–Trinajstić information content (AvgIpc) is 3.20. The SMILES string of the molecule is CCOC(=O)c1cccc(N)c1N(CC(C)C)C1CC1. The van der Waals surface area contributed by atoms with Gasteiger partial charge in [-0.2, -0.15) is 0 Å². The molecule has 2 rings (SSSR count). The monoisotopic (exact) mass is 276 g/mol. The first-order valence-corrected chi connectivity index (χ1v) is 7.36. The number of ether oxygens (including phenoxy) is 1. The fraction of sp³-hybridized carbons (Fsp3) is 0.562. The van der Waals surface area contributed by atoms with Crippen LogP contribution < -0.4 is 10.6 Å². The molecule has 0 aromatic heterocycles. The van der Waals surface area contributed by atoms with Crippen LogP contribution in [-0.4, -0.2) is 25.2 Å². The molecule has 0 amide bonds. The van der Waals surface area contributed by atoms with E-state index >= 15 is 0 Å². The third-order valence-electron chi connectivity index (χ3n) is 3.40. The molecule has 2 N–H and O–H groups in total. The molecule has 0 heterocycles. The molecular weight excluding hydrogens is 252 g/mol. The number of nitrogens with two attached hydrogens (primary N) is 1. The van der Waals surface area contributed by atoms with Crippen molar-refractivity contribution >= 4 is 17.3 Å². The maximum Gasteiger partial charge on any atom is 0.340 e. The fourth-order valence-electron chi connectivity index (χ4n) is 2.46. The number of nitrogens with zero attached hydrogens (tertiary/aromatic N) is 1. The molecule has 1 aromatic carbocycles. The van der Waals surface area contributed by atoms with Crippen LogP contribution in [0.4, 0.5) is 11.4 Å². The number of para-hydroxylation sites is 1. The number of hydrogen-bond acceptors (Lipinski definition) is 4. The second-order valence-corrected chi connectivity index (χ2v) is 5.74. The van der Waals surface area contributed by atoms with Crippen LogP contribution in [0.2, 0.25) is 0 Å². The highest BCUT2D eigenvalue weighted by molar-refractivity contribution is 5.99. The van der Waals surface area contributed by atoms with E-state index in [1.807, 2.05) is 19.1 Å². The van der Waals surface area contributed by atoms with Gasteiger partial charge in [-0.15, -0.1) is 0 Å². The van der Waals surface area contributed by atoms with Gasteiger partial charge in [-0.05, 0) is 37.8 Å². The van der Waals surface area contributed by atoms with E-state index in [0.717, 1.165) is 12.2 Å². The van der Waals surface area contributed by atoms with E-state index in [1.54, 1.807) is 6.07 Å². The minimum absolute atomic E-state index is 0.288. The normalized spacial score (nSPS) is 14.4. The van der Waals surface area contributed by atoms with E-state index in [-0.39, 0.29) is 5.97 Å². The minimum atomic E-state index is -0.288. The van der Waals surface area contributed by atoms with E-state index in [2.05, 4.69) is 18.7 Å². The minimum Gasteiger partial charge on any atom is -0.462 e. The number of nitrogen functional groups attached to an aromatic ring is 1. The first kappa shape index (κ1) is 14.7. The summed E-state index contributed by atoms with van der Waals surface area (Å²) in [6.45, 7) is 7.46. The molecule has 0 radical (unpaired) electrons. The Morgan fingerprint density at radius 2 is 2.15 bits per heavy atom. The van der Waals surface area contributed by atoms with Crippen molar-refractivity contribution in [3.63, 3.8) is 0 Å². The number of carbonyl (C=O) groups excluding carboxylic acids is 1. The summed E-state index contributed by atoms with van der Waals surface area (Å²) in [6.07, 6.45) is 2.34. The molecule has 0 aliphatic heterocycles. The zero-order valence-corrected chi connectivity index (χ0v) is 12.6. The topological polar surface area (TPSA) is 55.6 Å². The highest BCUT2D eigenvalue weighted by Crippen LogP contribution is 2.38. The summed E-state index contributed by atoms with van der Waals surface area (Å²) in [5.74, 6) is 0.231. The van der Waals surface area contributed by atoms with Gasteiger partial charge in [0.2, 0.25) is 0 Å². The molecule has 0 spiro atoms. The number of carbonyl (C=O) groups is 1. The van der Waals surface area contributed by atoms with E-state index < -0.39 is 0 Å². The van der Waals surface area contributed by atoms with E-state index in [1.165, 1.54) is 12.8 Å². The summed E-state index contributed by atoms with van der Waals surface area (Å²) >= 11 is 0. The van der Waals surface area contributed by atoms with Crippen molar-refractivity contribution in [2.75, 3.05) is 23.8 Å². The van der Waals surface area contributed by atoms with Gasteiger partial charge in [0.15, 0.2) is 0 Å². The van der Waals surface area contributed by atoms with Crippen molar-refractivity contribution in [2.45, 2.75) is 39.7 Å². The van der Waals surface area contributed by atoms with Crippen LogP contribution >= 0.6 is 0 Å². The predicted octanol–water partition coefficient (Wildman–Crippen LogP) is 3.07. The zero-order chi connectivity index (χ0) is 14.7. The molecule has 0 unspecified atom stereocenters. The lowest BCUT2D eigenvalue weighted by molar-refractivity contribution is 0.0527. The Morgan fingerprint density at radius 1 is 1.45 bits per heavy atom. The molecule has 110 valence electrons. The van der Waals surface area contributed by atoms with Gasteiger partial charge in [-0.1, -0.05) is 19.9 Å². The molecule has 20 heavy (non-hydrogen) atoms. The Balaban J connectivity index is 2.38. The van der Waals surface area contributed by atoms with Crippen LogP contribution in [0, 0.1) is 5.92 Å². The van der Waals surface area contributed by atoms with E-state index in [9.17, 15) is 4.79 Å². The van der Waals surface area contributed by atoms with Gasteiger partial charge in [0.25, 0.3) is 0 Å². The van der Waals surface area contributed by atoms with Crippen molar-refractivity contribution < 1.29 is 9.53 Å². The molecule has 1 aromatic rings. The Labute approximate surface area is 120 Å². The summed E-state index contributed by atoms with van der Waals surface area (Å²) in [7, 11) is 0. The van der Waals surface area contributed by atoms with Crippen LogP contribution in [0.25, 0.3) is 0 Å². The number of hydrogen-bond donors (Lipinski definition) is 1. The maximum atomic E-state index is 12.1. The van der Waals surface area contributed by atoms with Crippen molar-refractivity contribution in [1.29, 1.82) is 0 Å². The molecule has 1 saturated carbocycles. The van der Waals surface area contributed by atoms with Crippen LogP contribution in [0.15, 0.2) is 18.2 Å². The first-order chi connectivity index (χ1) is 9.54. The predicted molar refractivity (Wildman–Crippen MR) is 82.0 cm³/mol. The lowest BCUT2D eigenvalue weighted by Gasteiger charge is -2.29. The van der Waals surface area contributed by atoms with Gasteiger partial charge in [-0.3, -0.25) is 0 Å². The quantitative estimate of drug-likeness (QED) is 0.641. The van der Waals surface area contributed by atoms with Crippen molar-refractivity contribution in [3.05, 3.63) is 23.8 Å². The van der Waals surface area contributed by atoms with Gasteiger partial charge < -0.3 is 15.4 Å². The summed E-state index contributed by atoms with van der Waals surface area (Å²) < 4.78 is 5.16. The smallest absolute Gasteiger partial charge is 0.340 e. The highest BCUT2D eigenvalue weighted by atomic mass is 16.5. The fourth-order valence-corrected chi connectivity index (χ4v) is 2.46. The van der Waals surface area contributed by atoms with Crippen molar-refractivity contribution in [2.24, 2.45) is 5.92 Å². The molecule has 0 saturated heterocycles. The van der Waals surface area contributed by atoms with Gasteiger partial charge in [0, 0.05) is 12.6 Å². The molecule has 0 bridgehead atoms. The van der Waals surface area contributed by atoms with E-state index in [4.69, 9.17) is 10.5 Å². The second-order valence-electron chi connectivity index (χ2n) is 5.74. The average molecular weight is 276 g/mol. The largest absolute Gasteiger partial charge is 0.462 e. The summed E-state index contributed by atoms with van der Waals surface area (Å²) in [4.78, 5) is 14.4. The van der Waals surface area contributed by atoms with Crippen LogP contribution in [0.3, 0.4) is 0 Å². The lowest BCUT2D eigenvalue weighted by Crippen LogP contribution is -2.32. The molecule has 0 atom stereocenters. The molecule has 1 fully saturated rings. The zero-order valence-electron chi connectivity index (χ0n) is 12.6. The third-order valence-corrected chi connectivity index (χ3v) is 3.40. The first-order valence-electron chi connectivity index (χ1n) is 7.36. The number of benzene rings is 1. The summed E-state index contributed by atoms with van der Waals surface area (Å²) in [5, 5.41) is 0. The number of esters is 1. The van der Waals surface area contributed by atoms with E-state index in [0.29, 0.717) is 29.8 Å². The summed E-state index contributed by atoms with van der Waals surface area (Å²) in [5.41, 5.74) is 8.24. The second kappa shape index (κ2) is 6.16. The van der Waals surface area contributed by atoms with Crippen molar-refractivity contribution in [1.82, 2.24) is 0 Å². The van der Waals surface area contributed by atoms with Crippen LogP contribution in [0.5, 0.6) is 0 Å². The van der Waals surface area contributed by atoms with Gasteiger partial charge >= 0.3 is 5.97 Å². The maximum absolute atomic E-state index is 12.1. The van der Waals surface area contributed by atoms with Gasteiger partial charge in [-0.25, -0.2) is 4.79 Å². The number of anilines is 2. The Kier molecular flexibility index (Phi) is 4.53. The number of rotatable bonds is 6. The Morgan fingerprint density at radius 3 is 2.70 bits per heavy atom. The molecule has 1 aliphatic rings. The summed E-state index contributed by atoms with van der Waals surface area (Å²) in [6, 6.07) is 5.98. The Bertz CT molecular complexity index is 481. The molecule has 4 nitrogen and oxygen atoms in total. The van der Waals surface area contributed by atoms with Crippen LogP contribution in [-0.2, 0) is 4.74 Å². The Hall–Kier alpha value is -1.71. The van der Waals surface area contributed by atoms with Gasteiger partial charge in [0.1, 0.15) is 0 Å². The highest BCUT2D eigenvalue weighted by Gasteiger charge is 2.33. The van der Waals surface area contributed by atoms with Gasteiger partial charge in [0.05, 0.1) is 23.5 Å². The third kappa shape index (κ3) is 3.24.